The predicted octanol–water partition coefficient (Wildman–Crippen LogP) is 1.44. The van der Waals surface area contributed by atoms with Crippen LogP contribution in [0.2, 0.25) is 0 Å². The maximum atomic E-state index is 12.5. The van der Waals surface area contributed by atoms with E-state index in [0.717, 1.165) is 30.6 Å². The lowest BCUT2D eigenvalue weighted by Crippen LogP contribution is -2.50. The van der Waals surface area contributed by atoms with Crippen molar-refractivity contribution in [3.8, 4) is 6.07 Å². The van der Waals surface area contributed by atoms with E-state index in [1.807, 2.05) is 6.92 Å². The maximum absolute atomic E-state index is 12.5. The Bertz CT molecular complexity index is 548. The van der Waals surface area contributed by atoms with Gasteiger partial charge in [-0.15, -0.1) is 0 Å². The highest BCUT2D eigenvalue weighted by atomic mass is 16.2. The topological polar surface area (TPSA) is 102 Å². The van der Waals surface area contributed by atoms with Crippen molar-refractivity contribution in [1.29, 1.82) is 5.26 Å². The van der Waals surface area contributed by atoms with Crippen LogP contribution in [0.5, 0.6) is 0 Å². The van der Waals surface area contributed by atoms with E-state index in [1.54, 1.807) is 6.92 Å². The molecule has 2 rings (SSSR count). The Labute approximate surface area is 136 Å². The van der Waals surface area contributed by atoms with Crippen molar-refractivity contribution >= 4 is 17.8 Å². The van der Waals surface area contributed by atoms with Gasteiger partial charge in [-0.25, -0.2) is 4.79 Å². The Morgan fingerprint density at radius 3 is 2.61 bits per heavy atom. The summed E-state index contributed by atoms with van der Waals surface area (Å²) in [6.07, 6.45) is 5.31. The van der Waals surface area contributed by atoms with Crippen molar-refractivity contribution in [3.63, 3.8) is 0 Å². The first kappa shape index (κ1) is 17.3. The number of nitriles is 1. The second-order valence-corrected chi connectivity index (χ2v) is 6.71. The fraction of sp³-hybridized carbons (Fsp3) is 0.750. The number of unbranched alkanes of at least 4 members (excludes halogenated alkanes) is 1. The molecule has 1 saturated heterocycles. The average Bonchev–Trinajstić information content (AvgIpc) is 3.05. The van der Waals surface area contributed by atoms with Gasteiger partial charge >= 0.3 is 6.03 Å². The summed E-state index contributed by atoms with van der Waals surface area (Å²) in [5.41, 5.74) is -1.78. The molecule has 4 amide bonds. The Balaban J connectivity index is 1.99. The summed E-state index contributed by atoms with van der Waals surface area (Å²) in [6, 6.07) is 1.62. The van der Waals surface area contributed by atoms with Gasteiger partial charge in [0, 0.05) is 0 Å². The van der Waals surface area contributed by atoms with Crippen molar-refractivity contribution < 1.29 is 14.4 Å². The first-order valence-electron chi connectivity index (χ1n) is 8.22. The fourth-order valence-electron chi connectivity index (χ4n) is 3.28. The third-order valence-electron chi connectivity index (χ3n) is 4.73. The van der Waals surface area contributed by atoms with E-state index in [2.05, 4.69) is 16.7 Å². The monoisotopic (exact) mass is 320 g/mol. The summed E-state index contributed by atoms with van der Waals surface area (Å²) in [5, 5.41) is 14.7. The lowest BCUT2D eigenvalue weighted by molar-refractivity contribution is -0.135. The number of hydrogen-bond donors (Lipinski definition) is 2. The molecule has 0 aromatic heterocycles. The van der Waals surface area contributed by atoms with Gasteiger partial charge in [-0.2, -0.15) is 5.26 Å². The summed E-state index contributed by atoms with van der Waals surface area (Å²) in [7, 11) is 0. The quantitative estimate of drug-likeness (QED) is 0.723. The smallest absolute Gasteiger partial charge is 0.325 e. The second kappa shape index (κ2) is 6.57. The highest BCUT2D eigenvalue weighted by Gasteiger charge is 2.48. The zero-order valence-corrected chi connectivity index (χ0v) is 13.8. The van der Waals surface area contributed by atoms with Gasteiger partial charge in [0.1, 0.15) is 17.6 Å². The molecule has 1 heterocycles. The number of amides is 4. The molecule has 7 nitrogen and oxygen atoms in total. The Kier molecular flexibility index (Phi) is 4.93. The normalized spacial score (nSPS) is 26.0. The first-order chi connectivity index (χ1) is 10.9. The van der Waals surface area contributed by atoms with Crippen LogP contribution >= 0.6 is 0 Å². The number of rotatable bonds is 6. The lowest BCUT2D eigenvalue weighted by atomic mass is 9.95. The standard InChI is InChI=1S/C16H24N4O3/c1-3-4-7-15(2)13(22)20(14(23)19-15)10-12(21)18-16(11-17)8-5-6-9-16/h3-10H2,1-2H3,(H,18,21)(H,19,23)/t15-/m0/s1. The first-order valence-corrected chi connectivity index (χ1v) is 8.22. The molecule has 0 aromatic rings. The van der Waals surface area contributed by atoms with Gasteiger partial charge < -0.3 is 10.6 Å². The molecular formula is C16H24N4O3. The van der Waals surface area contributed by atoms with Crippen LogP contribution in [0.25, 0.3) is 0 Å². The van der Waals surface area contributed by atoms with Crippen LogP contribution in [0.4, 0.5) is 4.79 Å². The fourth-order valence-corrected chi connectivity index (χ4v) is 3.28. The van der Waals surface area contributed by atoms with E-state index in [1.165, 1.54) is 0 Å². The molecule has 2 N–H and O–H groups in total. The molecule has 0 radical (unpaired) electrons. The number of imide groups is 1. The van der Waals surface area contributed by atoms with Gasteiger partial charge in [0.15, 0.2) is 0 Å². The molecule has 0 aromatic carbocycles. The molecule has 126 valence electrons. The van der Waals surface area contributed by atoms with Gasteiger partial charge in [-0.05, 0) is 39.0 Å². The number of carbonyl (C=O) groups is 3. The second-order valence-electron chi connectivity index (χ2n) is 6.71. The van der Waals surface area contributed by atoms with Crippen molar-refractivity contribution in [2.75, 3.05) is 6.54 Å². The van der Waals surface area contributed by atoms with Crippen LogP contribution < -0.4 is 10.6 Å². The summed E-state index contributed by atoms with van der Waals surface area (Å²) in [6.45, 7) is 3.36. The minimum atomic E-state index is -0.937. The highest BCUT2D eigenvalue weighted by Crippen LogP contribution is 2.29. The van der Waals surface area contributed by atoms with Gasteiger partial charge in [0.2, 0.25) is 5.91 Å². The minimum absolute atomic E-state index is 0.337. The van der Waals surface area contributed by atoms with Gasteiger partial charge in [0.05, 0.1) is 6.07 Å². The zero-order chi connectivity index (χ0) is 17.1. The Hall–Kier alpha value is -2.10. The molecule has 2 fully saturated rings. The van der Waals surface area contributed by atoms with Crippen LogP contribution in [-0.2, 0) is 9.59 Å². The van der Waals surface area contributed by atoms with Crippen molar-refractivity contribution in [2.45, 2.75) is 69.9 Å². The molecule has 1 aliphatic heterocycles. The van der Waals surface area contributed by atoms with Crippen molar-refractivity contribution in [1.82, 2.24) is 15.5 Å². The van der Waals surface area contributed by atoms with Crippen molar-refractivity contribution in [3.05, 3.63) is 0 Å². The summed E-state index contributed by atoms with van der Waals surface area (Å²) < 4.78 is 0. The maximum Gasteiger partial charge on any atom is 0.325 e. The SMILES string of the molecule is CCCC[C@]1(C)NC(=O)N(CC(=O)NC2(C#N)CCCC2)C1=O. The van der Waals surface area contributed by atoms with Crippen LogP contribution in [0.1, 0.15) is 58.8 Å². The van der Waals surface area contributed by atoms with Gasteiger partial charge in [-0.1, -0.05) is 19.8 Å². The van der Waals surface area contributed by atoms with E-state index in [4.69, 9.17) is 0 Å². The van der Waals surface area contributed by atoms with Gasteiger partial charge in [-0.3, -0.25) is 14.5 Å². The van der Waals surface area contributed by atoms with E-state index >= 15 is 0 Å². The Morgan fingerprint density at radius 2 is 2.04 bits per heavy atom. The molecule has 1 atom stereocenters. The number of carbonyl (C=O) groups excluding carboxylic acids is 3. The van der Waals surface area contributed by atoms with E-state index < -0.39 is 23.0 Å². The highest BCUT2D eigenvalue weighted by molar-refractivity contribution is 6.08. The van der Waals surface area contributed by atoms with E-state index in [0.29, 0.717) is 19.3 Å². The minimum Gasteiger partial charge on any atom is -0.336 e. The number of urea groups is 1. The molecule has 7 heteroatoms. The predicted molar refractivity (Wildman–Crippen MR) is 83.1 cm³/mol. The Morgan fingerprint density at radius 1 is 1.39 bits per heavy atom. The molecule has 1 aliphatic carbocycles. The lowest BCUT2D eigenvalue weighted by Gasteiger charge is -2.24. The molecule has 0 bridgehead atoms. The van der Waals surface area contributed by atoms with Crippen LogP contribution in [0, 0.1) is 11.3 Å². The third kappa shape index (κ3) is 3.46. The summed E-state index contributed by atoms with van der Waals surface area (Å²) in [5.74, 6) is -0.833. The summed E-state index contributed by atoms with van der Waals surface area (Å²) >= 11 is 0. The summed E-state index contributed by atoms with van der Waals surface area (Å²) in [4.78, 5) is 37.6. The van der Waals surface area contributed by atoms with Crippen LogP contribution in [0.15, 0.2) is 0 Å². The largest absolute Gasteiger partial charge is 0.336 e. The van der Waals surface area contributed by atoms with E-state index in [9.17, 15) is 19.6 Å². The number of nitrogens with one attached hydrogen (secondary N) is 2. The molecule has 2 aliphatic rings. The van der Waals surface area contributed by atoms with Gasteiger partial charge in [0.25, 0.3) is 5.91 Å². The molecule has 0 unspecified atom stereocenters. The third-order valence-corrected chi connectivity index (χ3v) is 4.73. The molecule has 0 spiro atoms. The molecule has 1 saturated carbocycles. The van der Waals surface area contributed by atoms with Crippen LogP contribution in [-0.4, -0.2) is 40.4 Å². The number of hydrogen-bond acceptors (Lipinski definition) is 4. The molecular weight excluding hydrogens is 296 g/mol. The number of nitrogens with zero attached hydrogens (tertiary/aromatic N) is 2. The van der Waals surface area contributed by atoms with Crippen LogP contribution in [0.3, 0.4) is 0 Å². The average molecular weight is 320 g/mol. The van der Waals surface area contributed by atoms with Crippen molar-refractivity contribution in [2.24, 2.45) is 0 Å². The zero-order valence-electron chi connectivity index (χ0n) is 13.8. The van der Waals surface area contributed by atoms with E-state index in [-0.39, 0.29) is 12.5 Å². The molecule has 23 heavy (non-hydrogen) atoms.